The molecule has 2 unspecified atom stereocenters. The van der Waals surface area contributed by atoms with Gasteiger partial charge in [0.05, 0.1) is 0 Å². The molecule has 2 nitrogen and oxygen atoms in total. The van der Waals surface area contributed by atoms with Gasteiger partial charge in [0.25, 0.3) is 0 Å². The second kappa shape index (κ2) is 8.14. The summed E-state index contributed by atoms with van der Waals surface area (Å²) in [4.78, 5) is 0. The maximum absolute atomic E-state index is 14.1. The van der Waals surface area contributed by atoms with Crippen molar-refractivity contribution in [2.75, 3.05) is 13.2 Å². The molecule has 1 fully saturated rings. The maximum atomic E-state index is 14.1. The molecule has 0 bridgehead atoms. The van der Waals surface area contributed by atoms with Gasteiger partial charge in [-0.3, -0.25) is 0 Å². The van der Waals surface area contributed by atoms with E-state index in [4.69, 9.17) is 8.85 Å². The van der Waals surface area contributed by atoms with Crippen LogP contribution >= 0.6 is 0 Å². The summed E-state index contributed by atoms with van der Waals surface area (Å²) in [6.07, 6.45) is 2.05. The van der Waals surface area contributed by atoms with Crippen LogP contribution in [-0.2, 0) is 8.85 Å². The van der Waals surface area contributed by atoms with E-state index in [0.29, 0.717) is 32.5 Å². The van der Waals surface area contributed by atoms with Crippen molar-refractivity contribution < 1.29 is 30.8 Å². The second-order valence-corrected chi connectivity index (χ2v) is 9.85. The highest BCUT2D eigenvalue weighted by molar-refractivity contribution is 6.67. The molecule has 0 radical (unpaired) electrons. The van der Waals surface area contributed by atoms with E-state index in [0.717, 1.165) is 6.42 Å². The van der Waals surface area contributed by atoms with Gasteiger partial charge in [0.15, 0.2) is 23.3 Å². The fourth-order valence-corrected chi connectivity index (χ4v) is 6.90. The molecular formula is C17H23F5O2Si. The van der Waals surface area contributed by atoms with Crippen LogP contribution in [0.15, 0.2) is 0 Å². The number of halogens is 5. The van der Waals surface area contributed by atoms with Crippen molar-refractivity contribution in [1.29, 1.82) is 0 Å². The van der Waals surface area contributed by atoms with E-state index in [2.05, 4.69) is 0 Å². The van der Waals surface area contributed by atoms with Gasteiger partial charge in [-0.2, -0.15) is 0 Å². The van der Waals surface area contributed by atoms with Crippen molar-refractivity contribution in [2.24, 2.45) is 0 Å². The van der Waals surface area contributed by atoms with Gasteiger partial charge >= 0.3 is 8.56 Å². The summed E-state index contributed by atoms with van der Waals surface area (Å²) >= 11 is 0. The fourth-order valence-electron chi connectivity index (χ4n) is 3.76. The molecule has 0 aliphatic heterocycles. The summed E-state index contributed by atoms with van der Waals surface area (Å²) in [6.45, 7) is 6.48. The molecule has 0 amide bonds. The first-order valence-electron chi connectivity index (χ1n) is 8.56. The van der Waals surface area contributed by atoms with Crippen molar-refractivity contribution in [3.05, 3.63) is 34.6 Å². The Balaban J connectivity index is 2.36. The Labute approximate surface area is 145 Å². The van der Waals surface area contributed by atoms with E-state index in [1.807, 2.05) is 20.4 Å². The summed E-state index contributed by atoms with van der Waals surface area (Å²) in [7, 11) is -2.60. The fraction of sp³-hybridized carbons (Fsp3) is 0.647. The minimum Gasteiger partial charge on any atom is -0.394 e. The highest BCUT2D eigenvalue weighted by atomic mass is 28.4. The zero-order chi connectivity index (χ0) is 18.8. The standard InChI is InChI=1S/C17H23F5O2Si/c1-4-23-25(3,24-5-2)11-8-6-7-10(9-11)12-13(18)15(20)17(22)16(21)14(12)19/h10-11H,4-9H2,1-3H3. The van der Waals surface area contributed by atoms with Crippen LogP contribution in [-0.4, -0.2) is 21.8 Å². The van der Waals surface area contributed by atoms with Gasteiger partial charge in [0, 0.05) is 24.3 Å². The summed E-state index contributed by atoms with van der Waals surface area (Å²) in [6, 6.07) is 0. The van der Waals surface area contributed by atoms with Gasteiger partial charge in [0.1, 0.15) is 0 Å². The first kappa shape index (κ1) is 20.3. The third-order valence-electron chi connectivity index (χ3n) is 4.93. The Kier molecular flexibility index (Phi) is 6.61. The zero-order valence-corrected chi connectivity index (χ0v) is 15.6. The molecule has 1 aliphatic rings. The third-order valence-corrected chi connectivity index (χ3v) is 8.66. The predicted molar refractivity (Wildman–Crippen MR) is 86.1 cm³/mol. The third kappa shape index (κ3) is 3.90. The monoisotopic (exact) mass is 382 g/mol. The molecule has 2 atom stereocenters. The van der Waals surface area contributed by atoms with Crippen LogP contribution in [0, 0.1) is 29.1 Å². The Morgan fingerprint density at radius 1 is 0.840 bits per heavy atom. The predicted octanol–water partition coefficient (Wildman–Crippen LogP) is 5.55. The quantitative estimate of drug-likeness (QED) is 0.278. The van der Waals surface area contributed by atoms with Crippen molar-refractivity contribution >= 4 is 8.56 Å². The molecule has 1 aliphatic carbocycles. The zero-order valence-electron chi connectivity index (χ0n) is 14.6. The lowest BCUT2D eigenvalue weighted by molar-refractivity contribution is 0.168. The normalized spacial score (nSPS) is 21.6. The topological polar surface area (TPSA) is 18.5 Å². The van der Waals surface area contributed by atoms with E-state index in [-0.39, 0.29) is 5.54 Å². The largest absolute Gasteiger partial charge is 0.394 e. The van der Waals surface area contributed by atoms with E-state index in [1.54, 1.807) is 0 Å². The molecule has 0 saturated heterocycles. The molecule has 1 aromatic carbocycles. The van der Waals surface area contributed by atoms with Crippen LogP contribution in [0.4, 0.5) is 22.0 Å². The molecule has 8 heteroatoms. The number of hydrogen-bond donors (Lipinski definition) is 0. The molecule has 1 aromatic rings. The summed E-state index contributed by atoms with van der Waals surface area (Å²) < 4.78 is 80.3. The van der Waals surface area contributed by atoms with E-state index in [9.17, 15) is 22.0 Å². The molecule has 1 saturated carbocycles. The van der Waals surface area contributed by atoms with Gasteiger partial charge in [-0.25, -0.2) is 22.0 Å². The van der Waals surface area contributed by atoms with Crippen LogP contribution in [0.2, 0.25) is 12.1 Å². The lowest BCUT2D eigenvalue weighted by Crippen LogP contribution is -2.45. The number of rotatable bonds is 6. The summed E-state index contributed by atoms with van der Waals surface area (Å²) in [5, 5.41) is 0. The van der Waals surface area contributed by atoms with Gasteiger partial charge in [0.2, 0.25) is 5.82 Å². The second-order valence-electron chi connectivity index (χ2n) is 6.43. The molecule has 142 valence electrons. The van der Waals surface area contributed by atoms with Crippen molar-refractivity contribution in [1.82, 2.24) is 0 Å². The molecule has 0 spiro atoms. The highest BCUT2D eigenvalue weighted by Crippen LogP contribution is 2.46. The number of benzene rings is 1. The van der Waals surface area contributed by atoms with Crippen LogP contribution in [0.3, 0.4) is 0 Å². The molecule has 0 N–H and O–H groups in total. The lowest BCUT2D eigenvalue weighted by atomic mass is 9.83. The number of hydrogen-bond acceptors (Lipinski definition) is 2. The average Bonchev–Trinajstić information content (AvgIpc) is 2.59. The Morgan fingerprint density at radius 3 is 1.80 bits per heavy atom. The summed E-state index contributed by atoms with van der Waals surface area (Å²) in [5.41, 5.74) is -0.772. The molecule has 0 heterocycles. The van der Waals surface area contributed by atoms with Crippen LogP contribution < -0.4 is 0 Å². The van der Waals surface area contributed by atoms with Crippen molar-refractivity contribution in [2.45, 2.75) is 57.5 Å². The van der Waals surface area contributed by atoms with E-state index in [1.165, 1.54) is 0 Å². The highest BCUT2D eigenvalue weighted by Gasteiger charge is 2.44. The van der Waals surface area contributed by atoms with E-state index < -0.39 is 49.1 Å². The molecule has 25 heavy (non-hydrogen) atoms. The van der Waals surface area contributed by atoms with Crippen LogP contribution in [0.1, 0.15) is 51.0 Å². The maximum Gasteiger partial charge on any atom is 0.338 e. The first-order valence-corrected chi connectivity index (χ1v) is 10.9. The van der Waals surface area contributed by atoms with Crippen LogP contribution in [0.5, 0.6) is 0 Å². The van der Waals surface area contributed by atoms with Crippen LogP contribution in [0.25, 0.3) is 0 Å². The minimum atomic E-state index is -2.60. The van der Waals surface area contributed by atoms with Gasteiger partial charge in [-0.05, 0) is 45.6 Å². The first-order chi connectivity index (χ1) is 11.8. The summed E-state index contributed by atoms with van der Waals surface area (Å²) in [5.74, 6) is -10.1. The Hall–Kier alpha value is -0.993. The van der Waals surface area contributed by atoms with Gasteiger partial charge < -0.3 is 8.85 Å². The average molecular weight is 382 g/mol. The Morgan fingerprint density at radius 2 is 1.32 bits per heavy atom. The van der Waals surface area contributed by atoms with Crippen molar-refractivity contribution in [3.8, 4) is 0 Å². The molecule has 0 aromatic heterocycles. The van der Waals surface area contributed by atoms with Gasteiger partial charge in [-0.15, -0.1) is 0 Å². The lowest BCUT2D eigenvalue weighted by Gasteiger charge is -2.39. The SMILES string of the molecule is CCO[Si](C)(OCC)C1CCCC(c2c(F)c(F)c(F)c(F)c2F)C1. The Bertz CT molecular complexity index is 591. The minimum absolute atomic E-state index is 0.0684. The van der Waals surface area contributed by atoms with Crippen molar-refractivity contribution in [3.63, 3.8) is 0 Å². The molecule has 2 rings (SSSR count). The van der Waals surface area contributed by atoms with Gasteiger partial charge in [-0.1, -0.05) is 6.42 Å². The van der Waals surface area contributed by atoms with E-state index >= 15 is 0 Å². The molecular weight excluding hydrogens is 359 g/mol. The smallest absolute Gasteiger partial charge is 0.338 e.